The fraction of sp³-hybridized carbons (Fsp3) is 0.105. The van der Waals surface area contributed by atoms with Crippen molar-refractivity contribution >= 4 is 28.5 Å². The van der Waals surface area contributed by atoms with Gasteiger partial charge in [0.25, 0.3) is 11.5 Å². The van der Waals surface area contributed by atoms with E-state index in [0.717, 1.165) is 11.0 Å². The molecule has 0 spiro atoms. The molecule has 4 rings (SSSR count). The second kappa shape index (κ2) is 6.36. The van der Waals surface area contributed by atoms with Crippen molar-refractivity contribution in [1.29, 1.82) is 0 Å². The molecule has 7 nitrogen and oxygen atoms in total. The number of aromatic nitrogens is 3. The molecule has 0 aliphatic rings. The summed E-state index contributed by atoms with van der Waals surface area (Å²) in [5.74, 6) is 0.939. The van der Waals surface area contributed by atoms with Crippen molar-refractivity contribution in [2.24, 2.45) is 0 Å². The summed E-state index contributed by atoms with van der Waals surface area (Å²) in [4.78, 5) is 31.5. The van der Waals surface area contributed by atoms with Gasteiger partial charge in [0, 0.05) is 6.07 Å². The van der Waals surface area contributed by atoms with Crippen molar-refractivity contribution in [2.75, 3.05) is 5.32 Å². The number of para-hydroxylation sites is 3. The van der Waals surface area contributed by atoms with Crippen LogP contribution in [-0.2, 0) is 4.79 Å². The zero-order valence-electron chi connectivity index (χ0n) is 14.0. The minimum Gasteiger partial charge on any atom is -0.481 e. The Morgan fingerprint density at radius 2 is 1.88 bits per heavy atom. The van der Waals surface area contributed by atoms with Crippen LogP contribution >= 0.6 is 0 Å². The summed E-state index contributed by atoms with van der Waals surface area (Å²) in [6.45, 7) is 1.65. The first-order valence-electron chi connectivity index (χ1n) is 8.15. The van der Waals surface area contributed by atoms with E-state index in [1.54, 1.807) is 23.5 Å². The third-order valence-corrected chi connectivity index (χ3v) is 3.98. The maximum atomic E-state index is 12.5. The minimum atomic E-state index is -0.735. The van der Waals surface area contributed by atoms with Gasteiger partial charge in [-0.05, 0) is 31.2 Å². The van der Waals surface area contributed by atoms with Gasteiger partial charge in [0.15, 0.2) is 6.10 Å². The molecule has 2 heterocycles. The number of ether oxygens (including phenoxy) is 1. The van der Waals surface area contributed by atoms with Crippen LogP contribution in [0.4, 0.5) is 5.82 Å². The van der Waals surface area contributed by atoms with Crippen LogP contribution < -0.4 is 15.6 Å². The third kappa shape index (κ3) is 2.90. The van der Waals surface area contributed by atoms with Crippen LogP contribution in [0, 0.1) is 0 Å². The number of hydrogen-bond acceptors (Lipinski definition) is 4. The Balaban J connectivity index is 1.68. The van der Waals surface area contributed by atoms with Crippen molar-refractivity contribution in [1.82, 2.24) is 14.4 Å². The van der Waals surface area contributed by atoms with E-state index in [0.29, 0.717) is 17.3 Å². The van der Waals surface area contributed by atoms with Gasteiger partial charge in [0.05, 0.1) is 11.0 Å². The van der Waals surface area contributed by atoms with Crippen LogP contribution in [0.1, 0.15) is 6.92 Å². The Morgan fingerprint density at radius 3 is 2.69 bits per heavy atom. The van der Waals surface area contributed by atoms with E-state index in [9.17, 15) is 9.59 Å². The molecule has 4 aromatic rings. The number of hydrogen-bond donors (Lipinski definition) is 2. The third-order valence-electron chi connectivity index (χ3n) is 3.98. The molecule has 0 saturated heterocycles. The summed E-state index contributed by atoms with van der Waals surface area (Å²) in [7, 11) is 0. The molecular weight excluding hydrogens is 332 g/mol. The van der Waals surface area contributed by atoms with Gasteiger partial charge in [0.1, 0.15) is 11.6 Å². The highest BCUT2D eigenvalue weighted by molar-refractivity contribution is 5.94. The molecule has 7 heteroatoms. The SMILES string of the molecule is CC(Oc1ccccc1)C(=O)Nc1cc(=O)[nH]c2nc3ccccc3n12. The first-order valence-corrected chi connectivity index (χ1v) is 8.15. The van der Waals surface area contributed by atoms with E-state index in [-0.39, 0.29) is 11.5 Å². The fourth-order valence-electron chi connectivity index (χ4n) is 2.77. The lowest BCUT2D eigenvalue weighted by atomic mass is 10.3. The maximum Gasteiger partial charge on any atom is 0.266 e. The number of aromatic amines is 1. The Morgan fingerprint density at radius 1 is 1.15 bits per heavy atom. The Labute approximate surface area is 148 Å². The highest BCUT2D eigenvalue weighted by Crippen LogP contribution is 2.19. The highest BCUT2D eigenvalue weighted by atomic mass is 16.5. The molecular formula is C19H16N4O3. The van der Waals surface area contributed by atoms with Gasteiger partial charge in [-0.2, -0.15) is 0 Å². The number of carbonyl (C=O) groups is 1. The lowest BCUT2D eigenvalue weighted by Crippen LogP contribution is -2.31. The molecule has 0 saturated carbocycles. The van der Waals surface area contributed by atoms with Crippen LogP contribution in [0.25, 0.3) is 16.8 Å². The molecule has 1 atom stereocenters. The largest absolute Gasteiger partial charge is 0.481 e. The summed E-state index contributed by atoms with van der Waals surface area (Å²) in [5.41, 5.74) is 1.16. The molecule has 26 heavy (non-hydrogen) atoms. The van der Waals surface area contributed by atoms with Crippen LogP contribution in [0.3, 0.4) is 0 Å². The predicted molar refractivity (Wildman–Crippen MR) is 98.5 cm³/mol. The second-order valence-electron chi connectivity index (χ2n) is 5.84. The summed E-state index contributed by atoms with van der Waals surface area (Å²) < 4.78 is 7.34. The van der Waals surface area contributed by atoms with Crippen LogP contribution in [0.15, 0.2) is 65.5 Å². The van der Waals surface area contributed by atoms with Gasteiger partial charge in [-0.1, -0.05) is 30.3 Å². The summed E-state index contributed by atoms with van der Waals surface area (Å²) >= 11 is 0. The van der Waals surface area contributed by atoms with Crippen molar-refractivity contribution in [2.45, 2.75) is 13.0 Å². The monoisotopic (exact) mass is 348 g/mol. The topological polar surface area (TPSA) is 88.5 Å². The highest BCUT2D eigenvalue weighted by Gasteiger charge is 2.18. The van der Waals surface area contributed by atoms with E-state index in [1.165, 1.54) is 6.07 Å². The smallest absolute Gasteiger partial charge is 0.266 e. The molecule has 0 aliphatic heterocycles. The molecule has 1 amide bonds. The summed E-state index contributed by atoms with van der Waals surface area (Å²) in [5, 5.41) is 2.76. The first-order chi connectivity index (χ1) is 12.6. The minimum absolute atomic E-state index is 0.339. The Bertz CT molecular complexity index is 1150. The second-order valence-corrected chi connectivity index (χ2v) is 5.84. The number of imidazole rings is 1. The van der Waals surface area contributed by atoms with E-state index in [4.69, 9.17) is 4.74 Å². The quantitative estimate of drug-likeness (QED) is 0.593. The number of amides is 1. The van der Waals surface area contributed by atoms with Gasteiger partial charge in [0.2, 0.25) is 5.78 Å². The molecule has 2 N–H and O–H groups in total. The Kier molecular flexibility index (Phi) is 3.89. The number of H-pyrrole nitrogens is 1. The first kappa shape index (κ1) is 15.9. The van der Waals surface area contributed by atoms with Gasteiger partial charge in [-0.15, -0.1) is 0 Å². The van der Waals surface area contributed by atoms with Crippen LogP contribution in [-0.4, -0.2) is 26.4 Å². The van der Waals surface area contributed by atoms with Crippen LogP contribution in [0.5, 0.6) is 5.75 Å². The molecule has 1 unspecified atom stereocenters. The molecule has 2 aromatic heterocycles. The summed E-state index contributed by atoms with van der Waals surface area (Å²) in [6.07, 6.45) is -0.735. The lowest BCUT2D eigenvalue weighted by Gasteiger charge is -2.15. The molecule has 0 fully saturated rings. The standard InChI is InChI=1S/C19H16N4O3/c1-12(26-13-7-3-2-4-8-13)18(25)21-16-11-17(24)22-19-20-14-9-5-6-10-15(14)23(16)19/h2-12H,1H3,(H,21,25)(H,20,22,24). The Hall–Kier alpha value is -3.61. The summed E-state index contributed by atoms with van der Waals surface area (Å²) in [6, 6.07) is 17.9. The average Bonchev–Trinajstić information content (AvgIpc) is 3.00. The van der Waals surface area contributed by atoms with E-state index < -0.39 is 6.10 Å². The number of nitrogens with one attached hydrogen (secondary N) is 2. The molecule has 0 radical (unpaired) electrons. The number of anilines is 1. The lowest BCUT2D eigenvalue weighted by molar-refractivity contribution is -0.122. The van der Waals surface area contributed by atoms with Gasteiger partial charge >= 0.3 is 0 Å². The molecule has 130 valence electrons. The molecule has 2 aromatic carbocycles. The fourth-order valence-corrected chi connectivity index (χ4v) is 2.77. The van der Waals surface area contributed by atoms with Crippen molar-refractivity contribution in [3.63, 3.8) is 0 Å². The van der Waals surface area contributed by atoms with Crippen molar-refractivity contribution in [3.05, 3.63) is 71.0 Å². The van der Waals surface area contributed by atoms with Crippen molar-refractivity contribution in [3.8, 4) is 5.75 Å². The van der Waals surface area contributed by atoms with E-state index in [1.807, 2.05) is 42.5 Å². The maximum absolute atomic E-state index is 12.5. The van der Waals surface area contributed by atoms with Crippen LogP contribution in [0.2, 0.25) is 0 Å². The number of carbonyl (C=O) groups excluding carboxylic acids is 1. The van der Waals surface area contributed by atoms with Crippen molar-refractivity contribution < 1.29 is 9.53 Å². The number of benzene rings is 2. The van der Waals surface area contributed by atoms with E-state index >= 15 is 0 Å². The number of nitrogens with zero attached hydrogens (tertiary/aromatic N) is 2. The van der Waals surface area contributed by atoms with Gasteiger partial charge in [-0.25, -0.2) is 4.98 Å². The van der Waals surface area contributed by atoms with Gasteiger partial charge < -0.3 is 10.1 Å². The number of fused-ring (bicyclic) bond motifs is 3. The zero-order valence-corrected chi connectivity index (χ0v) is 14.0. The molecule has 0 bridgehead atoms. The molecule has 0 aliphatic carbocycles. The number of rotatable bonds is 4. The predicted octanol–water partition coefficient (Wildman–Crippen LogP) is 2.58. The van der Waals surface area contributed by atoms with E-state index in [2.05, 4.69) is 15.3 Å². The zero-order chi connectivity index (χ0) is 18.1. The normalized spacial score (nSPS) is 12.2. The van der Waals surface area contributed by atoms with Gasteiger partial charge in [-0.3, -0.25) is 19.0 Å². The average molecular weight is 348 g/mol.